The molecule has 0 saturated carbocycles. The van der Waals surface area contributed by atoms with Crippen LogP contribution in [-0.4, -0.2) is 66.4 Å². The number of aromatic nitrogens is 3. The van der Waals surface area contributed by atoms with Crippen LogP contribution in [0.5, 0.6) is 11.5 Å². The lowest BCUT2D eigenvalue weighted by atomic mass is 10.1. The van der Waals surface area contributed by atoms with Crippen molar-refractivity contribution < 1.29 is 14.3 Å². The highest BCUT2D eigenvalue weighted by Gasteiger charge is 2.23. The van der Waals surface area contributed by atoms with Gasteiger partial charge in [-0.15, -0.1) is 10.2 Å². The summed E-state index contributed by atoms with van der Waals surface area (Å²) in [6, 6.07) is 12.9. The first-order chi connectivity index (χ1) is 14.7. The van der Waals surface area contributed by atoms with Crippen molar-refractivity contribution in [2.24, 2.45) is 0 Å². The Bertz CT molecular complexity index is 1000. The number of anilines is 1. The molecule has 8 heteroatoms. The van der Waals surface area contributed by atoms with Gasteiger partial charge < -0.3 is 19.3 Å². The minimum absolute atomic E-state index is 0.0311. The van der Waals surface area contributed by atoms with Crippen molar-refractivity contribution in [3.63, 3.8) is 0 Å². The molecule has 8 nitrogen and oxygen atoms in total. The summed E-state index contributed by atoms with van der Waals surface area (Å²) in [5.41, 5.74) is 2.19. The lowest BCUT2D eigenvalue weighted by Crippen LogP contribution is -2.49. The molecule has 0 atom stereocenters. The molecule has 0 radical (unpaired) electrons. The molecule has 0 unspecified atom stereocenters. The van der Waals surface area contributed by atoms with E-state index in [1.54, 1.807) is 38.7 Å². The minimum Gasteiger partial charge on any atom is -0.497 e. The fourth-order valence-electron chi connectivity index (χ4n) is 3.47. The number of hydrogen-bond acceptors (Lipinski definition) is 7. The van der Waals surface area contributed by atoms with Gasteiger partial charge in [-0.1, -0.05) is 0 Å². The molecule has 0 spiro atoms. The van der Waals surface area contributed by atoms with Crippen LogP contribution in [0.3, 0.4) is 0 Å². The number of hydrogen-bond donors (Lipinski definition) is 0. The Morgan fingerprint density at radius 3 is 2.30 bits per heavy atom. The second kappa shape index (κ2) is 8.77. The summed E-state index contributed by atoms with van der Waals surface area (Å²) in [6.07, 6.45) is 3.27. The molecular formula is C22H23N5O3. The molecule has 1 aliphatic heterocycles. The molecule has 0 bridgehead atoms. The number of pyridine rings is 1. The fraction of sp³-hybridized carbons (Fsp3) is 0.273. The maximum Gasteiger partial charge on any atom is 0.254 e. The van der Waals surface area contributed by atoms with Crippen LogP contribution in [0.2, 0.25) is 0 Å². The van der Waals surface area contributed by atoms with Crippen LogP contribution in [0.4, 0.5) is 5.82 Å². The molecule has 1 saturated heterocycles. The molecule has 2 aromatic heterocycles. The van der Waals surface area contributed by atoms with Gasteiger partial charge in [0.05, 0.1) is 19.9 Å². The number of nitrogens with zero attached hydrogens (tertiary/aromatic N) is 5. The number of piperazine rings is 1. The van der Waals surface area contributed by atoms with Crippen LogP contribution in [-0.2, 0) is 0 Å². The van der Waals surface area contributed by atoms with E-state index in [2.05, 4.69) is 20.1 Å². The summed E-state index contributed by atoms with van der Waals surface area (Å²) < 4.78 is 10.7. The molecule has 3 heterocycles. The number of ether oxygens (including phenoxy) is 2. The van der Waals surface area contributed by atoms with Crippen molar-refractivity contribution in [1.82, 2.24) is 20.1 Å². The number of methoxy groups -OCH3 is 2. The molecule has 1 amide bonds. The Morgan fingerprint density at radius 1 is 0.900 bits per heavy atom. The first kappa shape index (κ1) is 19.6. The van der Waals surface area contributed by atoms with E-state index in [0.717, 1.165) is 17.1 Å². The third-order valence-corrected chi connectivity index (χ3v) is 5.15. The van der Waals surface area contributed by atoms with Gasteiger partial charge >= 0.3 is 0 Å². The van der Waals surface area contributed by atoms with E-state index in [4.69, 9.17) is 9.47 Å². The highest BCUT2D eigenvalue weighted by atomic mass is 16.5. The van der Waals surface area contributed by atoms with Gasteiger partial charge in [0.15, 0.2) is 5.82 Å². The largest absolute Gasteiger partial charge is 0.497 e. The third kappa shape index (κ3) is 4.03. The topological polar surface area (TPSA) is 80.7 Å². The molecule has 4 rings (SSSR count). The van der Waals surface area contributed by atoms with Gasteiger partial charge in [0.2, 0.25) is 0 Å². The Balaban J connectivity index is 1.44. The molecular weight excluding hydrogens is 382 g/mol. The molecule has 0 aliphatic carbocycles. The second-order valence-electron chi connectivity index (χ2n) is 6.86. The zero-order valence-corrected chi connectivity index (χ0v) is 17.0. The van der Waals surface area contributed by atoms with Crippen molar-refractivity contribution in [3.8, 4) is 22.8 Å². The van der Waals surface area contributed by atoms with Gasteiger partial charge in [-0.05, 0) is 42.5 Å². The molecule has 1 fully saturated rings. The lowest BCUT2D eigenvalue weighted by Gasteiger charge is -2.35. The normalized spacial score (nSPS) is 13.8. The predicted octanol–water partition coefficient (Wildman–Crippen LogP) is 2.52. The highest BCUT2D eigenvalue weighted by molar-refractivity contribution is 5.94. The smallest absolute Gasteiger partial charge is 0.254 e. The molecule has 1 aromatic carbocycles. The molecule has 0 N–H and O–H groups in total. The summed E-state index contributed by atoms with van der Waals surface area (Å²) >= 11 is 0. The van der Waals surface area contributed by atoms with Crippen LogP contribution in [0, 0.1) is 0 Å². The SMILES string of the molecule is COc1ccc(OC)c(-c2ccc(N3CCN(C(=O)c4ccncc4)CC3)nn2)c1. The van der Waals surface area contributed by atoms with Crippen LogP contribution in [0.1, 0.15) is 10.4 Å². The standard InChI is InChI=1S/C22H23N5O3/c1-29-17-3-5-20(30-2)18(15-17)19-4-6-21(25-24-19)26-11-13-27(14-12-26)22(28)16-7-9-23-10-8-16/h3-10,15H,11-14H2,1-2H3. The zero-order chi connectivity index (χ0) is 20.9. The van der Waals surface area contributed by atoms with Gasteiger partial charge in [-0.2, -0.15) is 0 Å². The number of carbonyl (C=O) groups is 1. The Morgan fingerprint density at radius 2 is 1.67 bits per heavy atom. The van der Waals surface area contributed by atoms with Crippen LogP contribution < -0.4 is 14.4 Å². The lowest BCUT2D eigenvalue weighted by molar-refractivity contribution is 0.0746. The third-order valence-electron chi connectivity index (χ3n) is 5.15. The molecule has 1 aliphatic rings. The quantitative estimate of drug-likeness (QED) is 0.645. The first-order valence-electron chi connectivity index (χ1n) is 9.70. The van der Waals surface area contributed by atoms with Gasteiger partial charge in [-0.25, -0.2) is 0 Å². The van der Waals surface area contributed by atoms with E-state index in [0.29, 0.717) is 43.2 Å². The average Bonchev–Trinajstić information content (AvgIpc) is 2.84. The monoisotopic (exact) mass is 405 g/mol. The number of carbonyl (C=O) groups excluding carboxylic acids is 1. The van der Waals surface area contributed by atoms with Gasteiger partial charge in [0, 0.05) is 49.7 Å². The molecule has 3 aromatic rings. The maximum atomic E-state index is 12.6. The number of amides is 1. The van der Waals surface area contributed by atoms with E-state index in [9.17, 15) is 4.79 Å². The predicted molar refractivity (Wildman–Crippen MR) is 113 cm³/mol. The summed E-state index contributed by atoms with van der Waals surface area (Å²) in [7, 11) is 3.25. The van der Waals surface area contributed by atoms with E-state index < -0.39 is 0 Å². The van der Waals surface area contributed by atoms with Gasteiger partial charge in [0.25, 0.3) is 5.91 Å². The van der Waals surface area contributed by atoms with Crippen LogP contribution in [0.15, 0.2) is 54.9 Å². The van der Waals surface area contributed by atoms with E-state index in [1.807, 2.05) is 35.2 Å². The minimum atomic E-state index is 0.0311. The van der Waals surface area contributed by atoms with Crippen molar-refractivity contribution in [2.45, 2.75) is 0 Å². The summed E-state index contributed by atoms with van der Waals surface area (Å²) in [5, 5.41) is 8.80. The van der Waals surface area contributed by atoms with Crippen molar-refractivity contribution >= 4 is 11.7 Å². The average molecular weight is 405 g/mol. The van der Waals surface area contributed by atoms with Crippen LogP contribution in [0.25, 0.3) is 11.3 Å². The molecule has 154 valence electrons. The first-order valence-corrected chi connectivity index (χ1v) is 9.70. The Labute approximate surface area is 175 Å². The van der Waals surface area contributed by atoms with Gasteiger partial charge in [-0.3, -0.25) is 9.78 Å². The number of rotatable bonds is 5. The molecule has 30 heavy (non-hydrogen) atoms. The summed E-state index contributed by atoms with van der Waals surface area (Å²) in [6.45, 7) is 2.67. The second-order valence-corrected chi connectivity index (χ2v) is 6.86. The van der Waals surface area contributed by atoms with Crippen LogP contribution >= 0.6 is 0 Å². The fourth-order valence-corrected chi connectivity index (χ4v) is 3.47. The van der Waals surface area contributed by atoms with E-state index >= 15 is 0 Å². The van der Waals surface area contributed by atoms with Crippen molar-refractivity contribution in [3.05, 3.63) is 60.4 Å². The maximum absolute atomic E-state index is 12.6. The van der Waals surface area contributed by atoms with Gasteiger partial charge in [0.1, 0.15) is 11.5 Å². The number of benzene rings is 1. The van der Waals surface area contributed by atoms with Crippen molar-refractivity contribution in [2.75, 3.05) is 45.3 Å². The summed E-state index contributed by atoms with van der Waals surface area (Å²) in [4.78, 5) is 20.5. The van der Waals surface area contributed by atoms with E-state index in [1.165, 1.54) is 0 Å². The Kier molecular flexibility index (Phi) is 5.74. The summed E-state index contributed by atoms with van der Waals surface area (Å²) in [5.74, 6) is 2.26. The van der Waals surface area contributed by atoms with E-state index in [-0.39, 0.29) is 5.91 Å². The zero-order valence-electron chi connectivity index (χ0n) is 17.0. The Hall–Kier alpha value is -3.68. The van der Waals surface area contributed by atoms with Crippen molar-refractivity contribution in [1.29, 1.82) is 0 Å². The highest BCUT2D eigenvalue weighted by Crippen LogP contribution is 2.32.